The van der Waals surface area contributed by atoms with Crippen LogP contribution in [0.1, 0.15) is 39.2 Å². The molecule has 0 amide bonds. The normalized spacial score (nSPS) is 20.5. The van der Waals surface area contributed by atoms with Crippen LogP contribution >= 0.6 is 0 Å². The Morgan fingerprint density at radius 2 is 1.94 bits per heavy atom. The second kappa shape index (κ2) is 5.09. The first-order chi connectivity index (χ1) is 8.05. The smallest absolute Gasteiger partial charge is 0.119 e. The van der Waals surface area contributed by atoms with Gasteiger partial charge in [-0.15, -0.1) is 0 Å². The maximum atomic E-state index is 5.80. The van der Waals surface area contributed by atoms with Crippen molar-refractivity contribution in [1.82, 2.24) is 5.32 Å². The van der Waals surface area contributed by atoms with Gasteiger partial charge in [0.1, 0.15) is 12.4 Å². The standard InChI is InChI=1S/C15H23NO/c1-15(2,3)12-6-8-14(9-7-12)17-11-13-5-4-10-16-13/h6-9,13,16H,4-5,10-11H2,1-3H3/t13-/m0/s1. The minimum atomic E-state index is 0.214. The van der Waals surface area contributed by atoms with Crippen molar-refractivity contribution in [2.75, 3.05) is 13.2 Å². The molecule has 1 aliphatic heterocycles. The zero-order valence-corrected chi connectivity index (χ0v) is 11.1. The molecule has 1 atom stereocenters. The number of hydrogen-bond donors (Lipinski definition) is 1. The summed E-state index contributed by atoms with van der Waals surface area (Å²) >= 11 is 0. The summed E-state index contributed by atoms with van der Waals surface area (Å²) in [6.45, 7) is 8.60. The van der Waals surface area contributed by atoms with Crippen LogP contribution in [0.3, 0.4) is 0 Å². The van der Waals surface area contributed by atoms with Crippen molar-refractivity contribution in [2.24, 2.45) is 0 Å². The molecule has 1 aromatic carbocycles. The Morgan fingerprint density at radius 1 is 1.24 bits per heavy atom. The first kappa shape index (κ1) is 12.4. The van der Waals surface area contributed by atoms with Crippen molar-refractivity contribution in [3.63, 3.8) is 0 Å². The number of ether oxygens (including phenoxy) is 1. The average Bonchev–Trinajstić information content (AvgIpc) is 2.78. The molecular formula is C15H23NO. The van der Waals surface area contributed by atoms with Gasteiger partial charge < -0.3 is 10.1 Å². The molecule has 0 spiro atoms. The van der Waals surface area contributed by atoms with Crippen molar-refractivity contribution in [1.29, 1.82) is 0 Å². The molecule has 1 fully saturated rings. The summed E-state index contributed by atoms with van der Waals surface area (Å²) in [5, 5.41) is 3.44. The first-order valence-electron chi connectivity index (χ1n) is 6.52. The van der Waals surface area contributed by atoms with E-state index in [4.69, 9.17) is 4.74 Å². The lowest BCUT2D eigenvalue weighted by molar-refractivity contribution is 0.277. The van der Waals surface area contributed by atoms with E-state index in [0.29, 0.717) is 6.04 Å². The molecule has 94 valence electrons. The average molecular weight is 233 g/mol. The minimum absolute atomic E-state index is 0.214. The lowest BCUT2D eigenvalue weighted by Crippen LogP contribution is -2.28. The van der Waals surface area contributed by atoms with Crippen LogP contribution in [0.4, 0.5) is 0 Å². The van der Waals surface area contributed by atoms with Crippen LogP contribution in [-0.4, -0.2) is 19.2 Å². The predicted molar refractivity (Wildman–Crippen MR) is 71.7 cm³/mol. The van der Waals surface area contributed by atoms with Gasteiger partial charge in [0.05, 0.1) is 0 Å². The summed E-state index contributed by atoms with van der Waals surface area (Å²) in [6, 6.07) is 9.03. The second-order valence-corrected chi connectivity index (χ2v) is 5.88. The molecule has 1 saturated heterocycles. The van der Waals surface area contributed by atoms with Crippen molar-refractivity contribution >= 4 is 0 Å². The van der Waals surface area contributed by atoms with Gasteiger partial charge in [0.25, 0.3) is 0 Å². The van der Waals surface area contributed by atoms with Gasteiger partial charge in [-0.3, -0.25) is 0 Å². The van der Waals surface area contributed by atoms with Gasteiger partial charge in [0.15, 0.2) is 0 Å². The number of hydrogen-bond acceptors (Lipinski definition) is 2. The number of nitrogens with one attached hydrogen (secondary N) is 1. The van der Waals surface area contributed by atoms with E-state index in [9.17, 15) is 0 Å². The van der Waals surface area contributed by atoms with Gasteiger partial charge in [0.2, 0.25) is 0 Å². The largest absolute Gasteiger partial charge is 0.492 e. The van der Waals surface area contributed by atoms with E-state index in [1.54, 1.807) is 0 Å². The van der Waals surface area contributed by atoms with Crippen molar-refractivity contribution in [3.8, 4) is 5.75 Å². The lowest BCUT2D eigenvalue weighted by atomic mass is 9.87. The molecule has 0 radical (unpaired) electrons. The summed E-state index contributed by atoms with van der Waals surface area (Å²) in [6.07, 6.45) is 2.51. The Bertz CT molecular complexity index is 344. The summed E-state index contributed by atoms with van der Waals surface area (Å²) in [5.41, 5.74) is 1.56. The van der Waals surface area contributed by atoms with E-state index in [2.05, 4.69) is 50.4 Å². The third-order valence-corrected chi connectivity index (χ3v) is 3.33. The first-order valence-corrected chi connectivity index (χ1v) is 6.52. The molecule has 1 aliphatic rings. The topological polar surface area (TPSA) is 21.3 Å². The molecular weight excluding hydrogens is 210 g/mol. The van der Waals surface area contributed by atoms with Crippen molar-refractivity contribution in [3.05, 3.63) is 29.8 Å². The highest BCUT2D eigenvalue weighted by atomic mass is 16.5. The van der Waals surface area contributed by atoms with E-state index >= 15 is 0 Å². The zero-order valence-electron chi connectivity index (χ0n) is 11.1. The summed E-state index contributed by atoms with van der Waals surface area (Å²) < 4.78 is 5.80. The Kier molecular flexibility index (Phi) is 3.72. The summed E-state index contributed by atoms with van der Waals surface area (Å²) in [7, 11) is 0. The maximum Gasteiger partial charge on any atom is 0.119 e. The quantitative estimate of drug-likeness (QED) is 0.866. The number of benzene rings is 1. The van der Waals surface area contributed by atoms with Gasteiger partial charge in [0, 0.05) is 6.04 Å². The molecule has 1 N–H and O–H groups in total. The van der Waals surface area contributed by atoms with E-state index in [0.717, 1.165) is 18.9 Å². The second-order valence-electron chi connectivity index (χ2n) is 5.88. The summed E-state index contributed by atoms with van der Waals surface area (Å²) in [4.78, 5) is 0. The Hall–Kier alpha value is -1.02. The fraction of sp³-hybridized carbons (Fsp3) is 0.600. The van der Waals surface area contributed by atoms with E-state index < -0.39 is 0 Å². The molecule has 2 rings (SSSR count). The van der Waals surface area contributed by atoms with Crippen LogP contribution in [0, 0.1) is 0 Å². The predicted octanol–water partition coefficient (Wildman–Crippen LogP) is 3.11. The zero-order chi connectivity index (χ0) is 12.3. The van der Waals surface area contributed by atoms with Crippen molar-refractivity contribution in [2.45, 2.75) is 45.1 Å². The van der Waals surface area contributed by atoms with Gasteiger partial charge in [-0.1, -0.05) is 32.9 Å². The van der Waals surface area contributed by atoms with Gasteiger partial charge >= 0.3 is 0 Å². The fourth-order valence-electron chi connectivity index (χ4n) is 2.15. The van der Waals surface area contributed by atoms with Crippen LogP contribution < -0.4 is 10.1 Å². The maximum absolute atomic E-state index is 5.80. The monoisotopic (exact) mass is 233 g/mol. The van der Waals surface area contributed by atoms with Crippen LogP contribution in [0.25, 0.3) is 0 Å². The third kappa shape index (κ3) is 3.47. The fourth-order valence-corrected chi connectivity index (χ4v) is 2.15. The van der Waals surface area contributed by atoms with E-state index in [-0.39, 0.29) is 5.41 Å². The van der Waals surface area contributed by atoms with Crippen LogP contribution in [0.5, 0.6) is 5.75 Å². The van der Waals surface area contributed by atoms with Crippen LogP contribution in [0.15, 0.2) is 24.3 Å². The van der Waals surface area contributed by atoms with E-state index in [1.165, 1.54) is 18.4 Å². The highest BCUT2D eigenvalue weighted by Crippen LogP contribution is 2.24. The Labute approximate surface area is 104 Å². The lowest BCUT2D eigenvalue weighted by Gasteiger charge is -2.19. The van der Waals surface area contributed by atoms with Gasteiger partial charge in [-0.2, -0.15) is 0 Å². The molecule has 2 heteroatoms. The number of rotatable bonds is 3. The Balaban J connectivity index is 1.89. The molecule has 0 aromatic heterocycles. The van der Waals surface area contributed by atoms with Crippen molar-refractivity contribution < 1.29 is 4.74 Å². The van der Waals surface area contributed by atoms with Gasteiger partial charge in [-0.25, -0.2) is 0 Å². The SMILES string of the molecule is CC(C)(C)c1ccc(OC[C@@H]2CCCN2)cc1. The highest BCUT2D eigenvalue weighted by molar-refractivity contribution is 5.31. The van der Waals surface area contributed by atoms with E-state index in [1.807, 2.05) is 0 Å². The molecule has 0 saturated carbocycles. The molecule has 1 aromatic rings. The van der Waals surface area contributed by atoms with Crippen LogP contribution in [-0.2, 0) is 5.41 Å². The third-order valence-electron chi connectivity index (χ3n) is 3.33. The molecule has 0 aliphatic carbocycles. The molecule has 1 heterocycles. The summed E-state index contributed by atoms with van der Waals surface area (Å²) in [5.74, 6) is 0.978. The molecule has 0 bridgehead atoms. The minimum Gasteiger partial charge on any atom is -0.492 e. The molecule has 17 heavy (non-hydrogen) atoms. The molecule has 0 unspecified atom stereocenters. The highest BCUT2D eigenvalue weighted by Gasteiger charge is 2.15. The Morgan fingerprint density at radius 3 is 2.47 bits per heavy atom. The van der Waals surface area contributed by atoms with Crippen LogP contribution in [0.2, 0.25) is 0 Å². The van der Waals surface area contributed by atoms with Gasteiger partial charge in [-0.05, 0) is 42.5 Å². The molecule has 2 nitrogen and oxygen atoms in total.